The summed E-state index contributed by atoms with van der Waals surface area (Å²) >= 11 is 0. The summed E-state index contributed by atoms with van der Waals surface area (Å²) in [6, 6.07) is 10.8. The molecule has 2 aromatic rings. The molecule has 2 rings (SSSR count). The minimum atomic E-state index is -0.215. The number of hydrogen-bond acceptors (Lipinski definition) is 2. The second-order valence-electron chi connectivity index (χ2n) is 4.85. The number of rotatable bonds is 2. The third kappa shape index (κ3) is 3.13. The van der Waals surface area contributed by atoms with Crippen molar-refractivity contribution in [2.24, 2.45) is 0 Å². The van der Waals surface area contributed by atoms with E-state index in [0.29, 0.717) is 11.3 Å². The van der Waals surface area contributed by atoms with E-state index in [1.807, 2.05) is 39.0 Å². The average molecular weight is 255 g/mol. The summed E-state index contributed by atoms with van der Waals surface area (Å²) < 4.78 is 0. The Morgan fingerprint density at radius 2 is 1.58 bits per heavy atom. The SMILES string of the molecule is Cc1cc(C)cc(C(=O)Nc2cc(C)ccc2O)c1. The van der Waals surface area contributed by atoms with Crippen molar-refractivity contribution in [3.05, 3.63) is 58.7 Å². The topological polar surface area (TPSA) is 49.3 Å². The Hall–Kier alpha value is -2.29. The van der Waals surface area contributed by atoms with Gasteiger partial charge in [-0.05, 0) is 50.6 Å². The second kappa shape index (κ2) is 5.14. The number of benzene rings is 2. The number of aromatic hydroxyl groups is 1. The van der Waals surface area contributed by atoms with Crippen molar-refractivity contribution in [2.75, 3.05) is 5.32 Å². The Kier molecular flexibility index (Phi) is 3.56. The highest BCUT2D eigenvalue weighted by Crippen LogP contribution is 2.24. The van der Waals surface area contributed by atoms with Gasteiger partial charge in [-0.15, -0.1) is 0 Å². The first-order valence-corrected chi connectivity index (χ1v) is 6.15. The smallest absolute Gasteiger partial charge is 0.255 e. The van der Waals surface area contributed by atoms with Crippen LogP contribution in [0.25, 0.3) is 0 Å². The third-order valence-corrected chi connectivity index (χ3v) is 2.88. The molecule has 0 aliphatic heterocycles. The zero-order chi connectivity index (χ0) is 14.0. The van der Waals surface area contributed by atoms with Crippen molar-refractivity contribution < 1.29 is 9.90 Å². The minimum Gasteiger partial charge on any atom is -0.506 e. The van der Waals surface area contributed by atoms with Crippen LogP contribution in [0, 0.1) is 20.8 Å². The molecule has 0 unspecified atom stereocenters. The largest absolute Gasteiger partial charge is 0.506 e. The van der Waals surface area contributed by atoms with Crippen LogP contribution in [0.5, 0.6) is 5.75 Å². The number of hydrogen-bond donors (Lipinski definition) is 2. The van der Waals surface area contributed by atoms with Crippen LogP contribution >= 0.6 is 0 Å². The lowest BCUT2D eigenvalue weighted by Gasteiger charge is -2.09. The molecule has 3 nitrogen and oxygen atoms in total. The summed E-state index contributed by atoms with van der Waals surface area (Å²) in [5.74, 6) is -0.143. The number of amides is 1. The van der Waals surface area contributed by atoms with E-state index < -0.39 is 0 Å². The van der Waals surface area contributed by atoms with Crippen LogP contribution in [0.2, 0.25) is 0 Å². The van der Waals surface area contributed by atoms with Crippen LogP contribution in [0.4, 0.5) is 5.69 Å². The molecule has 0 radical (unpaired) electrons. The summed E-state index contributed by atoms with van der Waals surface area (Å²) in [4.78, 5) is 12.2. The van der Waals surface area contributed by atoms with Crippen LogP contribution in [0.15, 0.2) is 36.4 Å². The number of carbonyl (C=O) groups is 1. The molecule has 98 valence electrons. The molecule has 0 aliphatic carbocycles. The molecule has 3 heteroatoms. The van der Waals surface area contributed by atoms with Gasteiger partial charge in [-0.1, -0.05) is 23.3 Å². The minimum absolute atomic E-state index is 0.0725. The molecule has 2 N–H and O–H groups in total. The maximum atomic E-state index is 12.2. The Labute approximate surface area is 112 Å². The van der Waals surface area contributed by atoms with E-state index in [2.05, 4.69) is 5.32 Å². The maximum Gasteiger partial charge on any atom is 0.255 e. The highest BCUT2D eigenvalue weighted by molar-refractivity contribution is 6.05. The summed E-state index contributed by atoms with van der Waals surface area (Å²) in [5.41, 5.74) is 4.09. The van der Waals surface area contributed by atoms with Gasteiger partial charge >= 0.3 is 0 Å². The molecule has 2 aromatic carbocycles. The number of nitrogens with one attached hydrogen (secondary N) is 1. The Bertz CT molecular complexity index is 612. The fourth-order valence-corrected chi connectivity index (χ4v) is 2.05. The number of phenols is 1. The normalized spacial score (nSPS) is 10.3. The Morgan fingerprint density at radius 1 is 0.947 bits per heavy atom. The van der Waals surface area contributed by atoms with Crippen LogP contribution in [-0.4, -0.2) is 11.0 Å². The number of carbonyl (C=O) groups excluding carboxylic acids is 1. The molecule has 0 spiro atoms. The Balaban J connectivity index is 2.28. The number of aryl methyl sites for hydroxylation is 3. The van der Waals surface area contributed by atoms with Crippen molar-refractivity contribution >= 4 is 11.6 Å². The first-order chi connectivity index (χ1) is 8.95. The van der Waals surface area contributed by atoms with E-state index in [9.17, 15) is 9.90 Å². The van der Waals surface area contributed by atoms with Crippen molar-refractivity contribution in [2.45, 2.75) is 20.8 Å². The van der Waals surface area contributed by atoms with Crippen LogP contribution in [0.3, 0.4) is 0 Å². The van der Waals surface area contributed by atoms with Gasteiger partial charge in [-0.2, -0.15) is 0 Å². The van der Waals surface area contributed by atoms with Gasteiger partial charge in [0.05, 0.1) is 5.69 Å². The predicted molar refractivity (Wildman–Crippen MR) is 76.7 cm³/mol. The van der Waals surface area contributed by atoms with Crippen LogP contribution in [0.1, 0.15) is 27.0 Å². The number of anilines is 1. The molecule has 0 saturated carbocycles. The monoisotopic (exact) mass is 255 g/mol. The molecular weight excluding hydrogens is 238 g/mol. The van der Waals surface area contributed by atoms with E-state index >= 15 is 0 Å². The molecule has 0 fully saturated rings. The van der Waals surface area contributed by atoms with E-state index in [1.54, 1.807) is 18.2 Å². The van der Waals surface area contributed by atoms with Gasteiger partial charge in [-0.3, -0.25) is 4.79 Å². The highest BCUT2D eigenvalue weighted by Gasteiger charge is 2.09. The van der Waals surface area contributed by atoms with Gasteiger partial charge in [0.15, 0.2) is 0 Å². The Morgan fingerprint density at radius 3 is 2.21 bits per heavy atom. The van der Waals surface area contributed by atoms with Crippen molar-refractivity contribution in [3.63, 3.8) is 0 Å². The van der Waals surface area contributed by atoms with Gasteiger partial charge in [0.1, 0.15) is 5.75 Å². The predicted octanol–water partition coefficient (Wildman–Crippen LogP) is 3.57. The van der Waals surface area contributed by atoms with E-state index in [4.69, 9.17) is 0 Å². The van der Waals surface area contributed by atoms with E-state index in [0.717, 1.165) is 16.7 Å². The zero-order valence-electron chi connectivity index (χ0n) is 11.3. The first kappa shape index (κ1) is 13.1. The van der Waals surface area contributed by atoms with E-state index in [-0.39, 0.29) is 11.7 Å². The third-order valence-electron chi connectivity index (χ3n) is 2.88. The van der Waals surface area contributed by atoms with E-state index in [1.165, 1.54) is 0 Å². The second-order valence-corrected chi connectivity index (χ2v) is 4.85. The van der Waals surface area contributed by atoms with Crippen LogP contribution < -0.4 is 5.32 Å². The molecule has 0 heterocycles. The molecule has 0 saturated heterocycles. The average Bonchev–Trinajstić information content (AvgIpc) is 2.32. The first-order valence-electron chi connectivity index (χ1n) is 6.15. The lowest BCUT2D eigenvalue weighted by Crippen LogP contribution is -2.12. The fraction of sp³-hybridized carbons (Fsp3) is 0.188. The van der Waals surface area contributed by atoms with Crippen LogP contribution in [-0.2, 0) is 0 Å². The molecule has 19 heavy (non-hydrogen) atoms. The molecule has 0 bridgehead atoms. The summed E-state index contributed by atoms with van der Waals surface area (Å²) in [7, 11) is 0. The van der Waals surface area contributed by atoms with Crippen molar-refractivity contribution in [3.8, 4) is 5.75 Å². The number of phenolic OH excluding ortho intramolecular Hbond substituents is 1. The van der Waals surface area contributed by atoms with Gasteiger partial charge < -0.3 is 10.4 Å². The molecule has 0 aliphatic rings. The lowest BCUT2D eigenvalue weighted by molar-refractivity contribution is 0.102. The quantitative estimate of drug-likeness (QED) is 0.806. The molecule has 1 amide bonds. The fourth-order valence-electron chi connectivity index (χ4n) is 2.05. The molecule has 0 aromatic heterocycles. The highest BCUT2D eigenvalue weighted by atomic mass is 16.3. The summed E-state index contributed by atoms with van der Waals surface area (Å²) in [5, 5.41) is 12.5. The standard InChI is InChI=1S/C16H17NO2/c1-10-4-5-15(18)14(9-10)17-16(19)13-7-11(2)6-12(3)8-13/h4-9,18H,1-3H3,(H,17,19). The molecule has 0 atom stereocenters. The lowest BCUT2D eigenvalue weighted by atomic mass is 10.1. The van der Waals surface area contributed by atoms with Gasteiger partial charge in [0.2, 0.25) is 0 Å². The van der Waals surface area contributed by atoms with Gasteiger partial charge in [-0.25, -0.2) is 0 Å². The van der Waals surface area contributed by atoms with Crippen molar-refractivity contribution in [1.82, 2.24) is 0 Å². The molecular formula is C16H17NO2. The van der Waals surface area contributed by atoms with Crippen molar-refractivity contribution in [1.29, 1.82) is 0 Å². The van der Waals surface area contributed by atoms with Gasteiger partial charge in [0.25, 0.3) is 5.91 Å². The van der Waals surface area contributed by atoms with Gasteiger partial charge in [0, 0.05) is 5.56 Å². The zero-order valence-corrected chi connectivity index (χ0v) is 11.3. The summed E-state index contributed by atoms with van der Waals surface area (Å²) in [6.07, 6.45) is 0. The summed E-state index contributed by atoms with van der Waals surface area (Å²) in [6.45, 7) is 5.81. The maximum absolute atomic E-state index is 12.2.